The molecule has 4 nitrogen and oxygen atoms in total. The molecule has 118 valence electrons. The fourth-order valence-corrected chi connectivity index (χ4v) is 5.23. The highest BCUT2D eigenvalue weighted by Gasteiger charge is 2.65. The number of hydrogen-bond acceptors (Lipinski definition) is 4. The van der Waals surface area contributed by atoms with Crippen molar-refractivity contribution in [3.63, 3.8) is 0 Å². The second kappa shape index (κ2) is 5.07. The summed E-state index contributed by atoms with van der Waals surface area (Å²) in [5.41, 5.74) is 1.68. The van der Waals surface area contributed by atoms with Crippen molar-refractivity contribution in [2.75, 3.05) is 0 Å². The smallest absolute Gasteiger partial charge is 0.139 e. The first kappa shape index (κ1) is 15.5. The van der Waals surface area contributed by atoms with Gasteiger partial charge in [-0.25, -0.2) is 0 Å². The molecule has 0 amide bonds. The minimum Gasteiger partial charge on any atom is -0.370 e. The van der Waals surface area contributed by atoms with Crippen LogP contribution in [0.15, 0.2) is 4.52 Å². The third kappa shape index (κ3) is 2.28. The average Bonchev–Trinajstić information content (AvgIpc) is 2.96. The summed E-state index contributed by atoms with van der Waals surface area (Å²) < 4.78 is 17.9. The van der Waals surface area contributed by atoms with E-state index in [2.05, 4.69) is 41.9 Å². The highest BCUT2D eigenvalue weighted by Crippen LogP contribution is 2.57. The summed E-state index contributed by atoms with van der Waals surface area (Å²) in [5.74, 6) is 1.31. The number of aromatic nitrogens is 1. The second-order valence-electron chi connectivity index (χ2n) is 7.00. The van der Waals surface area contributed by atoms with Gasteiger partial charge in [0.2, 0.25) is 0 Å². The standard InChI is InChI=1S/C16H24BrNO3/c1-9(2)16-7-14(15(5,21-16)6-13(16)17)19-8-12-10(3)18-20-11(12)4/h9,13-14H,6-8H2,1-5H3. The molecule has 1 aromatic rings. The van der Waals surface area contributed by atoms with Crippen molar-refractivity contribution in [1.82, 2.24) is 5.16 Å². The van der Waals surface area contributed by atoms with E-state index >= 15 is 0 Å². The number of rotatable bonds is 4. The number of aryl methyl sites for hydroxylation is 2. The van der Waals surface area contributed by atoms with Crippen LogP contribution < -0.4 is 0 Å². The SMILES string of the molecule is Cc1noc(C)c1COC1CC2(C(C)C)OC1(C)CC2Br. The third-order valence-electron chi connectivity index (χ3n) is 5.31. The second-order valence-corrected chi connectivity index (χ2v) is 8.11. The van der Waals surface area contributed by atoms with E-state index in [1.54, 1.807) is 0 Å². The molecule has 4 atom stereocenters. The Morgan fingerprint density at radius 1 is 1.38 bits per heavy atom. The third-order valence-corrected chi connectivity index (χ3v) is 6.41. The Labute approximate surface area is 134 Å². The first-order valence-electron chi connectivity index (χ1n) is 7.66. The Bertz CT molecular complexity index is 524. The highest BCUT2D eigenvalue weighted by atomic mass is 79.9. The van der Waals surface area contributed by atoms with E-state index < -0.39 is 0 Å². The van der Waals surface area contributed by atoms with Crippen molar-refractivity contribution in [2.45, 2.75) is 76.2 Å². The number of nitrogens with zero attached hydrogens (tertiary/aromatic N) is 1. The topological polar surface area (TPSA) is 44.5 Å². The van der Waals surface area contributed by atoms with Gasteiger partial charge in [0.1, 0.15) is 5.76 Å². The van der Waals surface area contributed by atoms with E-state index in [0.29, 0.717) is 17.4 Å². The summed E-state index contributed by atoms with van der Waals surface area (Å²) in [6.45, 7) is 11.1. The largest absolute Gasteiger partial charge is 0.370 e. The summed E-state index contributed by atoms with van der Waals surface area (Å²) in [5, 5.41) is 3.99. The van der Waals surface area contributed by atoms with E-state index in [1.807, 2.05) is 13.8 Å². The number of ether oxygens (including phenoxy) is 2. The van der Waals surface area contributed by atoms with Gasteiger partial charge in [0, 0.05) is 16.8 Å². The van der Waals surface area contributed by atoms with Crippen molar-refractivity contribution in [3.05, 3.63) is 17.0 Å². The number of halogens is 1. The normalized spacial score (nSPS) is 38.6. The molecule has 5 heteroatoms. The molecule has 2 aliphatic heterocycles. The molecule has 2 bridgehead atoms. The van der Waals surface area contributed by atoms with Gasteiger partial charge in [-0.2, -0.15) is 0 Å². The van der Waals surface area contributed by atoms with Gasteiger partial charge < -0.3 is 14.0 Å². The summed E-state index contributed by atoms with van der Waals surface area (Å²) in [6.07, 6.45) is 2.07. The van der Waals surface area contributed by atoms with Crippen LogP contribution in [-0.2, 0) is 16.1 Å². The lowest BCUT2D eigenvalue weighted by Gasteiger charge is -2.35. The molecule has 2 fully saturated rings. The van der Waals surface area contributed by atoms with E-state index in [4.69, 9.17) is 14.0 Å². The van der Waals surface area contributed by atoms with Gasteiger partial charge in [-0.15, -0.1) is 0 Å². The maximum Gasteiger partial charge on any atom is 0.139 e. The first-order chi connectivity index (χ1) is 9.78. The summed E-state index contributed by atoms with van der Waals surface area (Å²) >= 11 is 3.82. The van der Waals surface area contributed by atoms with Gasteiger partial charge in [0.05, 0.1) is 29.6 Å². The lowest BCUT2D eigenvalue weighted by Crippen LogP contribution is -2.44. The predicted octanol–water partition coefficient (Wildman–Crippen LogP) is 3.92. The lowest BCUT2D eigenvalue weighted by atomic mass is 9.75. The summed E-state index contributed by atoms with van der Waals surface area (Å²) in [7, 11) is 0. The quantitative estimate of drug-likeness (QED) is 0.766. The molecule has 0 aliphatic carbocycles. The first-order valence-corrected chi connectivity index (χ1v) is 8.57. The van der Waals surface area contributed by atoms with Crippen LogP contribution in [0.4, 0.5) is 0 Å². The van der Waals surface area contributed by atoms with Gasteiger partial charge in [-0.3, -0.25) is 0 Å². The van der Waals surface area contributed by atoms with Crippen molar-refractivity contribution < 1.29 is 14.0 Å². The zero-order valence-corrected chi connectivity index (χ0v) is 15.0. The Hall–Kier alpha value is -0.390. The van der Waals surface area contributed by atoms with Gasteiger partial charge in [-0.1, -0.05) is 34.9 Å². The van der Waals surface area contributed by atoms with E-state index in [0.717, 1.165) is 29.9 Å². The van der Waals surface area contributed by atoms with Gasteiger partial charge in [0.25, 0.3) is 0 Å². The van der Waals surface area contributed by atoms with Crippen LogP contribution in [0.5, 0.6) is 0 Å². The lowest BCUT2D eigenvalue weighted by molar-refractivity contribution is -0.0956. The average molecular weight is 358 g/mol. The van der Waals surface area contributed by atoms with Crippen molar-refractivity contribution in [1.29, 1.82) is 0 Å². The Kier molecular flexibility index (Phi) is 3.74. The van der Waals surface area contributed by atoms with Gasteiger partial charge in [-0.05, 0) is 33.1 Å². The van der Waals surface area contributed by atoms with E-state index in [1.165, 1.54) is 0 Å². The molecule has 0 N–H and O–H groups in total. The number of hydrogen-bond donors (Lipinski definition) is 0. The minimum absolute atomic E-state index is 0.0991. The molecule has 2 saturated heterocycles. The molecule has 4 unspecified atom stereocenters. The Morgan fingerprint density at radius 2 is 2.10 bits per heavy atom. The highest BCUT2D eigenvalue weighted by molar-refractivity contribution is 9.09. The molecule has 0 radical (unpaired) electrons. The number of alkyl halides is 1. The molecule has 3 rings (SSSR count). The van der Waals surface area contributed by atoms with Crippen LogP contribution in [0.25, 0.3) is 0 Å². The Balaban J connectivity index is 1.74. The maximum absolute atomic E-state index is 6.45. The van der Waals surface area contributed by atoms with Crippen LogP contribution >= 0.6 is 15.9 Å². The fourth-order valence-electron chi connectivity index (χ4n) is 3.78. The maximum atomic E-state index is 6.45. The number of fused-ring (bicyclic) bond motifs is 2. The van der Waals surface area contributed by atoms with Crippen LogP contribution in [0.2, 0.25) is 0 Å². The van der Waals surface area contributed by atoms with Crippen LogP contribution in [0.1, 0.15) is 50.6 Å². The molecule has 0 aromatic carbocycles. The molecule has 21 heavy (non-hydrogen) atoms. The molecule has 0 spiro atoms. The van der Waals surface area contributed by atoms with Gasteiger partial charge in [0.15, 0.2) is 0 Å². The van der Waals surface area contributed by atoms with Gasteiger partial charge >= 0.3 is 0 Å². The van der Waals surface area contributed by atoms with Crippen LogP contribution in [0.3, 0.4) is 0 Å². The molecule has 2 aliphatic rings. The summed E-state index contributed by atoms with van der Waals surface area (Å²) in [4.78, 5) is 0.411. The van der Waals surface area contributed by atoms with Crippen LogP contribution in [-0.4, -0.2) is 27.3 Å². The van der Waals surface area contributed by atoms with Crippen molar-refractivity contribution >= 4 is 15.9 Å². The molecule has 3 heterocycles. The molecular weight excluding hydrogens is 334 g/mol. The Morgan fingerprint density at radius 3 is 2.62 bits per heavy atom. The molecular formula is C16H24BrNO3. The van der Waals surface area contributed by atoms with E-state index in [9.17, 15) is 0 Å². The fraction of sp³-hybridized carbons (Fsp3) is 0.812. The zero-order valence-electron chi connectivity index (χ0n) is 13.4. The monoisotopic (exact) mass is 357 g/mol. The van der Waals surface area contributed by atoms with Crippen LogP contribution in [0, 0.1) is 19.8 Å². The van der Waals surface area contributed by atoms with Crippen molar-refractivity contribution in [2.24, 2.45) is 5.92 Å². The molecule has 0 saturated carbocycles. The predicted molar refractivity (Wildman–Crippen MR) is 83.6 cm³/mol. The van der Waals surface area contributed by atoms with E-state index in [-0.39, 0.29) is 17.3 Å². The summed E-state index contributed by atoms with van der Waals surface area (Å²) in [6, 6.07) is 0. The minimum atomic E-state index is -0.197. The molecule has 1 aromatic heterocycles. The zero-order chi connectivity index (χ0) is 15.4. The van der Waals surface area contributed by atoms with Crippen molar-refractivity contribution in [3.8, 4) is 0 Å².